The normalized spacial score (nSPS) is 15.0. The number of nitrogens with one attached hydrogen (secondary N) is 1. The van der Waals surface area contributed by atoms with Gasteiger partial charge in [-0.1, -0.05) is 147 Å². The van der Waals surface area contributed by atoms with Gasteiger partial charge < -0.3 is 28.8 Å². The third-order valence-electron chi connectivity index (χ3n) is 8.41. The van der Waals surface area contributed by atoms with Gasteiger partial charge in [0.25, 0.3) is 7.82 Å². The zero-order chi connectivity index (χ0) is 35.1. The molecule has 0 aromatic rings. The van der Waals surface area contributed by atoms with Crippen molar-refractivity contribution in [1.29, 1.82) is 0 Å². The van der Waals surface area contributed by atoms with Crippen molar-refractivity contribution in [2.24, 2.45) is 0 Å². The molecule has 0 bridgehead atoms. The van der Waals surface area contributed by atoms with E-state index in [1.54, 1.807) is 6.08 Å². The van der Waals surface area contributed by atoms with Crippen LogP contribution in [-0.2, 0) is 18.4 Å². The molecule has 47 heavy (non-hydrogen) atoms. The topological polar surface area (TPSA) is 108 Å². The Morgan fingerprint density at radius 3 is 1.72 bits per heavy atom. The number of phosphoric ester groups is 1. The van der Waals surface area contributed by atoms with Crippen molar-refractivity contribution in [3.05, 3.63) is 24.3 Å². The molecule has 0 fully saturated rings. The van der Waals surface area contributed by atoms with Crippen molar-refractivity contribution in [2.75, 3.05) is 40.9 Å². The highest BCUT2D eigenvalue weighted by Gasteiger charge is 2.23. The maximum atomic E-state index is 12.7. The number of amides is 1. The quantitative estimate of drug-likeness (QED) is 0.0303. The van der Waals surface area contributed by atoms with Gasteiger partial charge in [0.1, 0.15) is 13.2 Å². The van der Waals surface area contributed by atoms with Crippen LogP contribution < -0.4 is 10.2 Å². The SMILES string of the molecule is CCCCCC/C=C/CC/C=C/C(O)C(COP(=O)([O-])OCC[N+](C)(C)C)NC(=O)CCCCCCCCCCCCCCCCC. The van der Waals surface area contributed by atoms with Gasteiger partial charge in [0, 0.05) is 6.42 Å². The largest absolute Gasteiger partial charge is 0.756 e. The fourth-order valence-electron chi connectivity index (χ4n) is 5.28. The highest BCUT2D eigenvalue weighted by atomic mass is 31.2. The Morgan fingerprint density at radius 1 is 0.723 bits per heavy atom. The third kappa shape index (κ3) is 33.3. The predicted molar refractivity (Wildman–Crippen MR) is 196 cm³/mol. The van der Waals surface area contributed by atoms with Gasteiger partial charge in [-0.2, -0.15) is 0 Å². The summed E-state index contributed by atoms with van der Waals surface area (Å²) in [5.74, 6) is -0.210. The monoisotopic (exact) mass is 687 g/mol. The summed E-state index contributed by atoms with van der Waals surface area (Å²) >= 11 is 0. The molecule has 1 amide bonds. The number of allylic oxidation sites excluding steroid dienone is 3. The molecule has 278 valence electrons. The molecule has 0 aliphatic rings. The van der Waals surface area contributed by atoms with Gasteiger partial charge in [0.15, 0.2) is 0 Å². The first kappa shape index (κ1) is 46.0. The van der Waals surface area contributed by atoms with Crippen LogP contribution in [0.15, 0.2) is 24.3 Å². The molecular weight excluding hydrogens is 611 g/mol. The average Bonchev–Trinajstić information content (AvgIpc) is 3.01. The zero-order valence-corrected chi connectivity index (χ0v) is 32.1. The number of nitrogens with zero attached hydrogens (tertiary/aromatic N) is 1. The minimum atomic E-state index is -4.58. The molecule has 0 saturated carbocycles. The van der Waals surface area contributed by atoms with E-state index in [1.807, 2.05) is 27.2 Å². The Balaban J connectivity index is 4.50. The summed E-state index contributed by atoms with van der Waals surface area (Å²) in [6, 6.07) is -0.895. The molecule has 0 rings (SSSR count). The maximum absolute atomic E-state index is 12.7. The van der Waals surface area contributed by atoms with Gasteiger partial charge in [-0.3, -0.25) is 9.36 Å². The van der Waals surface area contributed by atoms with Crippen LogP contribution in [0.25, 0.3) is 0 Å². The first-order chi connectivity index (χ1) is 22.5. The van der Waals surface area contributed by atoms with Gasteiger partial charge in [0.05, 0.1) is 39.9 Å². The Hall–Kier alpha value is -1.02. The summed E-state index contributed by atoms with van der Waals surface area (Å²) in [6.45, 7) is 4.57. The fourth-order valence-corrected chi connectivity index (χ4v) is 6.01. The number of quaternary nitrogens is 1. The van der Waals surface area contributed by atoms with Crippen LogP contribution in [0.1, 0.15) is 162 Å². The Morgan fingerprint density at radius 2 is 1.19 bits per heavy atom. The van der Waals surface area contributed by atoms with E-state index in [2.05, 4.69) is 31.3 Å². The number of hydrogen-bond donors (Lipinski definition) is 2. The summed E-state index contributed by atoms with van der Waals surface area (Å²) in [5.41, 5.74) is 0. The average molecular weight is 687 g/mol. The van der Waals surface area contributed by atoms with Gasteiger partial charge >= 0.3 is 0 Å². The van der Waals surface area contributed by atoms with Crippen LogP contribution in [0.5, 0.6) is 0 Å². The van der Waals surface area contributed by atoms with Crippen LogP contribution in [0, 0.1) is 0 Å². The highest BCUT2D eigenvalue weighted by Crippen LogP contribution is 2.38. The Labute approximate surface area is 290 Å². The molecule has 2 N–H and O–H groups in total. The van der Waals surface area contributed by atoms with Gasteiger partial charge in [0.2, 0.25) is 5.91 Å². The molecule has 0 spiro atoms. The van der Waals surface area contributed by atoms with Gasteiger partial charge in [-0.25, -0.2) is 0 Å². The van der Waals surface area contributed by atoms with Crippen LogP contribution in [0.4, 0.5) is 0 Å². The van der Waals surface area contributed by atoms with E-state index >= 15 is 0 Å². The molecule has 0 aliphatic heterocycles. The molecule has 0 radical (unpaired) electrons. The van der Waals surface area contributed by atoms with Crippen molar-refractivity contribution in [3.8, 4) is 0 Å². The van der Waals surface area contributed by atoms with E-state index in [4.69, 9.17) is 9.05 Å². The molecule has 9 heteroatoms. The summed E-state index contributed by atoms with van der Waals surface area (Å²) in [4.78, 5) is 25.1. The number of carbonyl (C=O) groups excluding carboxylic acids is 1. The number of unbranched alkanes of at least 4 members (excludes halogenated alkanes) is 19. The third-order valence-corrected chi connectivity index (χ3v) is 9.38. The van der Waals surface area contributed by atoms with Crippen molar-refractivity contribution in [2.45, 2.75) is 174 Å². The molecule has 0 aromatic carbocycles. The van der Waals surface area contributed by atoms with Crippen LogP contribution >= 0.6 is 7.82 Å². The molecular formula is C38H75N2O6P. The maximum Gasteiger partial charge on any atom is 0.268 e. The zero-order valence-electron chi connectivity index (χ0n) is 31.2. The lowest BCUT2D eigenvalue weighted by Crippen LogP contribution is -2.45. The Kier molecular flexibility index (Phi) is 30.3. The summed E-state index contributed by atoms with van der Waals surface area (Å²) in [6.07, 6.45) is 33.7. The number of carbonyl (C=O) groups is 1. The highest BCUT2D eigenvalue weighted by molar-refractivity contribution is 7.45. The lowest BCUT2D eigenvalue weighted by atomic mass is 10.0. The number of hydrogen-bond acceptors (Lipinski definition) is 6. The second-order valence-corrected chi connectivity index (χ2v) is 15.7. The molecule has 0 heterocycles. The number of phosphoric acid groups is 1. The molecule has 8 nitrogen and oxygen atoms in total. The van der Waals surface area contributed by atoms with Gasteiger partial charge in [-0.15, -0.1) is 0 Å². The number of rotatable bonds is 34. The van der Waals surface area contributed by atoms with Crippen LogP contribution in [-0.4, -0.2) is 68.5 Å². The van der Waals surface area contributed by atoms with Crippen molar-refractivity contribution >= 4 is 13.7 Å². The lowest BCUT2D eigenvalue weighted by Gasteiger charge is -2.29. The van der Waals surface area contributed by atoms with E-state index < -0.39 is 20.0 Å². The van der Waals surface area contributed by atoms with E-state index in [-0.39, 0.29) is 19.1 Å². The second-order valence-electron chi connectivity index (χ2n) is 14.3. The van der Waals surface area contributed by atoms with E-state index in [9.17, 15) is 19.4 Å². The number of aliphatic hydroxyl groups is 1. The molecule has 0 aliphatic carbocycles. The minimum absolute atomic E-state index is 0.00489. The predicted octanol–water partition coefficient (Wildman–Crippen LogP) is 9.16. The van der Waals surface area contributed by atoms with Crippen LogP contribution in [0.2, 0.25) is 0 Å². The van der Waals surface area contributed by atoms with Crippen molar-refractivity contribution in [3.63, 3.8) is 0 Å². The fraction of sp³-hybridized carbons (Fsp3) is 0.868. The minimum Gasteiger partial charge on any atom is -0.756 e. The Bertz CT molecular complexity index is 829. The molecule has 3 unspecified atom stereocenters. The summed E-state index contributed by atoms with van der Waals surface area (Å²) < 4.78 is 23.0. The number of likely N-dealkylation sites (N-methyl/N-ethyl adjacent to an activating group) is 1. The summed E-state index contributed by atoms with van der Waals surface area (Å²) in [5, 5.41) is 13.6. The van der Waals surface area contributed by atoms with E-state index in [1.165, 1.54) is 103 Å². The second kappa shape index (κ2) is 31.0. The van der Waals surface area contributed by atoms with E-state index in [0.29, 0.717) is 17.4 Å². The van der Waals surface area contributed by atoms with E-state index in [0.717, 1.165) is 38.5 Å². The lowest BCUT2D eigenvalue weighted by molar-refractivity contribution is -0.870. The van der Waals surface area contributed by atoms with Crippen molar-refractivity contribution in [1.82, 2.24) is 5.32 Å². The summed E-state index contributed by atoms with van der Waals surface area (Å²) in [7, 11) is 1.24. The first-order valence-electron chi connectivity index (χ1n) is 19.2. The molecule has 0 aromatic heterocycles. The van der Waals surface area contributed by atoms with Crippen LogP contribution in [0.3, 0.4) is 0 Å². The number of aliphatic hydroxyl groups excluding tert-OH is 1. The standard InChI is InChI=1S/C38H75N2O6P/c1-6-8-10-12-14-16-18-19-20-21-22-24-26-28-30-32-38(42)39-36(35-46-47(43,44)45-34-33-40(3,4)5)37(41)31-29-27-25-23-17-15-13-11-9-7-2/h17,23,29,31,36-37,41H,6-16,18-22,24-28,30,32-35H2,1-5H3,(H-,39,42,43,44)/b23-17+,31-29+. The molecule has 0 saturated heterocycles. The molecule has 3 atom stereocenters. The van der Waals surface area contributed by atoms with Gasteiger partial charge in [-0.05, 0) is 32.1 Å². The van der Waals surface area contributed by atoms with Crippen molar-refractivity contribution < 1.29 is 32.9 Å². The smallest absolute Gasteiger partial charge is 0.268 e. The first-order valence-corrected chi connectivity index (χ1v) is 20.7.